The summed E-state index contributed by atoms with van der Waals surface area (Å²) in [5.74, 6) is 0. The highest BCUT2D eigenvalue weighted by Crippen LogP contribution is 2.52. The quantitative estimate of drug-likeness (QED) is 0.110. The van der Waals surface area contributed by atoms with Gasteiger partial charge in [-0.05, 0) is 136 Å². The molecule has 1 aliphatic rings. The van der Waals surface area contributed by atoms with Crippen LogP contribution in [0.15, 0.2) is 170 Å². The van der Waals surface area contributed by atoms with E-state index in [1.807, 2.05) is 54.6 Å². The van der Waals surface area contributed by atoms with Gasteiger partial charge in [0.15, 0.2) is 0 Å². The summed E-state index contributed by atoms with van der Waals surface area (Å²) in [7, 11) is 0. The highest BCUT2D eigenvalue weighted by Gasteiger charge is 2.36. The van der Waals surface area contributed by atoms with Crippen molar-refractivity contribution < 1.29 is 0 Å². The molecule has 10 aromatic rings. The van der Waals surface area contributed by atoms with Gasteiger partial charge in [-0.15, -0.1) is 0 Å². The third kappa shape index (κ3) is 4.87. The normalized spacial score (nSPS) is 12.9. The minimum absolute atomic E-state index is 0.0225. The first kappa shape index (κ1) is 32.0. The highest BCUT2D eigenvalue weighted by atomic mass is 14.9. The minimum Gasteiger partial charge on any atom is -0.397 e. The van der Waals surface area contributed by atoms with Gasteiger partial charge >= 0.3 is 0 Å². The number of benzene rings is 10. The number of anilines is 3. The van der Waals surface area contributed by atoms with Gasteiger partial charge in [0.2, 0.25) is 0 Å². The standard InChI is InChI=1S/C40H28.C12H12N2/c1-23-27-11-4-5-13-29(27)39(34-21-33-28-12-6-7-14-35(28)40(2,3)36(33)22-32(23)34)31-20-18-26-16-15-24-9-8-10-25-17-19-30(31)38(26)37(24)25;13-11-8-4-5-9-12(11)14-10-6-2-1-3-7-10/h4-22H,1-3H3;1-9,14H,13H2. The molecule has 1 aliphatic carbocycles. The van der Waals surface area contributed by atoms with Crippen LogP contribution in [0.4, 0.5) is 17.1 Å². The molecule has 0 atom stereocenters. The number of nitrogens with one attached hydrogen (secondary N) is 1. The molecule has 0 unspecified atom stereocenters. The molecular weight excluding hydrogens is 653 g/mol. The van der Waals surface area contributed by atoms with Gasteiger partial charge in [-0.3, -0.25) is 0 Å². The lowest BCUT2D eigenvalue weighted by Gasteiger charge is -2.23. The maximum absolute atomic E-state index is 5.81. The molecule has 258 valence electrons. The number of hydrogen-bond acceptors (Lipinski definition) is 2. The molecule has 0 amide bonds. The van der Waals surface area contributed by atoms with Crippen LogP contribution in [0, 0.1) is 6.92 Å². The van der Waals surface area contributed by atoms with Crippen molar-refractivity contribution in [3.05, 3.63) is 187 Å². The molecule has 0 saturated carbocycles. The Labute approximate surface area is 315 Å². The minimum atomic E-state index is -0.0225. The molecule has 54 heavy (non-hydrogen) atoms. The van der Waals surface area contributed by atoms with E-state index in [4.69, 9.17) is 5.73 Å². The van der Waals surface area contributed by atoms with Crippen molar-refractivity contribution in [2.24, 2.45) is 0 Å². The lowest BCUT2D eigenvalue weighted by molar-refractivity contribution is 0.661. The van der Waals surface area contributed by atoms with Crippen molar-refractivity contribution in [1.29, 1.82) is 0 Å². The Balaban J connectivity index is 0.000000218. The number of nitrogens with two attached hydrogens (primary N) is 1. The fourth-order valence-corrected chi connectivity index (χ4v) is 9.11. The summed E-state index contributed by atoms with van der Waals surface area (Å²) in [6.45, 7) is 7.06. The van der Waals surface area contributed by atoms with E-state index >= 15 is 0 Å². The molecule has 0 spiro atoms. The largest absolute Gasteiger partial charge is 0.397 e. The lowest BCUT2D eigenvalue weighted by atomic mass is 9.80. The van der Waals surface area contributed by atoms with Crippen LogP contribution in [0.1, 0.15) is 30.5 Å². The average molecular weight is 693 g/mol. The number of nitrogen functional groups attached to an aromatic ring is 1. The maximum atomic E-state index is 5.81. The van der Waals surface area contributed by atoms with E-state index in [-0.39, 0.29) is 5.41 Å². The average Bonchev–Trinajstić information content (AvgIpc) is 3.43. The van der Waals surface area contributed by atoms with Crippen LogP contribution < -0.4 is 11.1 Å². The van der Waals surface area contributed by atoms with Gasteiger partial charge in [-0.1, -0.05) is 147 Å². The lowest BCUT2D eigenvalue weighted by Crippen LogP contribution is -2.14. The molecule has 0 aliphatic heterocycles. The van der Waals surface area contributed by atoms with E-state index < -0.39 is 0 Å². The summed E-state index contributed by atoms with van der Waals surface area (Å²) in [5.41, 5.74) is 18.2. The molecule has 2 heteroatoms. The van der Waals surface area contributed by atoms with Gasteiger partial charge in [0, 0.05) is 11.1 Å². The topological polar surface area (TPSA) is 38.0 Å². The monoisotopic (exact) mass is 692 g/mol. The Morgan fingerprint density at radius 1 is 0.444 bits per heavy atom. The maximum Gasteiger partial charge on any atom is 0.0617 e. The number of fused-ring (bicyclic) bond motifs is 5. The van der Waals surface area contributed by atoms with E-state index in [9.17, 15) is 0 Å². The molecule has 2 nitrogen and oxygen atoms in total. The predicted molar refractivity (Wildman–Crippen MR) is 233 cm³/mol. The Morgan fingerprint density at radius 2 is 1.09 bits per heavy atom. The van der Waals surface area contributed by atoms with Crippen molar-refractivity contribution in [3.63, 3.8) is 0 Å². The zero-order chi connectivity index (χ0) is 36.6. The summed E-state index contributed by atoms with van der Waals surface area (Å²) < 4.78 is 0. The van der Waals surface area contributed by atoms with Crippen LogP contribution in [-0.4, -0.2) is 0 Å². The van der Waals surface area contributed by atoms with Crippen LogP contribution in [0.3, 0.4) is 0 Å². The van der Waals surface area contributed by atoms with E-state index in [2.05, 4.69) is 141 Å². The van der Waals surface area contributed by atoms with Crippen LogP contribution in [0.2, 0.25) is 0 Å². The second-order valence-corrected chi connectivity index (χ2v) is 15.2. The molecule has 11 rings (SSSR count). The first-order valence-electron chi connectivity index (χ1n) is 18.8. The van der Waals surface area contributed by atoms with Gasteiger partial charge in [0.1, 0.15) is 0 Å². The fourth-order valence-electron chi connectivity index (χ4n) is 9.11. The van der Waals surface area contributed by atoms with E-state index in [0.717, 1.165) is 17.1 Å². The smallest absolute Gasteiger partial charge is 0.0617 e. The van der Waals surface area contributed by atoms with Gasteiger partial charge in [-0.2, -0.15) is 0 Å². The van der Waals surface area contributed by atoms with Crippen LogP contribution in [0.25, 0.3) is 76.1 Å². The van der Waals surface area contributed by atoms with Crippen molar-refractivity contribution in [2.45, 2.75) is 26.2 Å². The number of hydrogen-bond donors (Lipinski definition) is 2. The van der Waals surface area contributed by atoms with Crippen LogP contribution >= 0.6 is 0 Å². The summed E-state index contributed by atoms with van der Waals surface area (Å²) in [4.78, 5) is 0. The van der Waals surface area contributed by atoms with Gasteiger partial charge in [-0.25, -0.2) is 0 Å². The molecule has 0 bridgehead atoms. The van der Waals surface area contributed by atoms with E-state index in [0.29, 0.717) is 0 Å². The Kier molecular flexibility index (Phi) is 7.25. The first-order chi connectivity index (χ1) is 26.4. The summed E-state index contributed by atoms with van der Waals surface area (Å²) in [6, 6.07) is 61.2. The highest BCUT2D eigenvalue weighted by molar-refractivity contribution is 6.28. The molecule has 0 radical (unpaired) electrons. The summed E-state index contributed by atoms with van der Waals surface area (Å²) in [5, 5.41) is 16.6. The molecular formula is C52H40N2. The van der Waals surface area contributed by atoms with Crippen LogP contribution in [-0.2, 0) is 5.41 Å². The second kappa shape index (κ2) is 12.2. The van der Waals surface area contributed by atoms with Crippen molar-refractivity contribution in [3.8, 4) is 22.3 Å². The van der Waals surface area contributed by atoms with E-state index in [1.54, 1.807) is 0 Å². The Bertz CT molecular complexity index is 3050. The zero-order valence-electron chi connectivity index (χ0n) is 30.7. The van der Waals surface area contributed by atoms with Gasteiger partial charge in [0.25, 0.3) is 0 Å². The molecule has 3 N–H and O–H groups in total. The molecule has 0 saturated heterocycles. The number of para-hydroxylation sites is 3. The summed E-state index contributed by atoms with van der Waals surface area (Å²) >= 11 is 0. The van der Waals surface area contributed by atoms with Gasteiger partial charge < -0.3 is 11.1 Å². The predicted octanol–water partition coefficient (Wildman–Crippen LogP) is 14.2. The first-order valence-corrected chi connectivity index (χ1v) is 18.8. The summed E-state index contributed by atoms with van der Waals surface area (Å²) in [6.07, 6.45) is 0. The number of aryl methyl sites for hydroxylation is 1. The second-order valence-electron chi connectivity index (χ2n) is 15.2. The van der Waals surface area contributed by atoms with Crippen molar-refractivity contribution in [1.82, 2.24) is 0 Å². The number of rotatable bonds is 3. The Morgan fingerprint density at radius 3 is 1.89 bits per heavy atom. The molecule has 0 fully saturated rings. The van der Waals surface area contributed by atoms with E-state index in [1.165, 1.54) is 92.8 Å². The Hall–Kier alpha value is -6.64. The SMILES string of the molecule is Cc1c2ccccc2c(-c2ccc3ccc4cccc5ccc2c3c45)c2cc3c(cc12)C(C)(C)c1ccccc1-3.Nc1ccccc1Nc1ccccc1. The van der Waals surface area contributed by atoms with Crippen molar-refractivity contribution in [2.75, 3.05) is 11.1 Å². The fraction of sp³-hybridized carbons (Fsp3) is 0.0769. The zero-order valence-corrected chi connectivity index (χ0v) is 30.7. The molecule has 0 heterocycles. The van der Waals surface area contributed by atoms with Crippen molar-refractivity contribution >= 4 is 70.9 Å². The third-order valence-electron chi connectivity index (χ3n) is 11.8. The molecule has 0 aromatic heterocycles. The molecule has 10 aromatic carbocycles. The third-order valence-corrected chi connectivity index (χ3v) is 11.8. The van der Waals surface area contributed by atoms with Gasteiger partial charge in [0.05, 0.1) is 11.4 Å². The van der Waals surface area contributed by atoms with Crippen LogP contribution in [0.5, 0.6) is 0 Å².